The van der Waals surface area contributed by atoms with E-state index in [1.54, 1.807) is 0 Å². The molecule has 2 rings (SSSR count). The van der Waals surface area contributed by atoms with Gasteiger partial charge in [-0.15, -0.1) is 0 Å². The van der Waals surface area contributed by atoms with Crippen LogP contribution >= 0.6 is 0 Å². The molecule has 0 aliphatic rings. The monoisotopic (exact) mass is 222 g/mol. The lowest BCUT2D eigenvalue weighted by Crippen LogP contribution is -1.85. The van der Waals surface area contributed by atoms with Crippen molar-refractivity contribution >= 4 is 6.08 Å². The van der Waals surface area contributed by atoms with Crippen LogP contribution in [0.5, 0.6) is 0 Å². The Morgan fingerprint density at radius 2 is 1.59 bits per heavy atom. The molecule has 0 aliphatic carbocycles. The maximum Gasteiger partial charge on any atom is -0.00941 e. The first kappa shape index (κ1) is 11.7. The highest BCUT2D eigenvalue weighted by Gasteiger charge is 1.94. The van der Waals surface area contributed by atoms with E-state index in [0.717, 1.165) is 12.8 Å². The van der Waals surface area contributed by atoms with Crippen molar-refractivity contribution in [1.29, 1.82) is 0 Å². The lowest BCUT2D eigenvalue weighted by Gasteiger charge is -2.02. The Hall–Kier alpha value is -1.82. The summed E-state index contributed by atoms with van der Waals surface area (Å²) in [6.45, 7) is 2.20. The summed E-state index contributed by atoms with van der Waals surface area (Å²) < 4.78 is 0. The summed E-state index contributed by atoms with van der Waals surface area (Å²) in [5.41, 5.74) is 4.11. The van der Waals surface area contributed by atoms with Gasteiger partial charge in [0.1, 0.15) is 0 Å². The minimum absolute atomic E-state index is 0.999. The zero-order valence-electron chi connectivity index (χ0n) is 10.3. The minimum atomic E-state index is 0.999. The molecule has 0 spiro atoms. The van der Waals surface area contributed by atoms with E-state index in [-0.39, 0.29) is 0 Å². The Morgan fingerprint density at radius 1 is 0.882 bits per heavy atom. The summed E-state index contributed by atoms with van der Waals surface area (Å²) in [6, 6.07) is 19.1. The zero-order chi connectivity index (χ0) is 11.9. The molecule has 0 saturated heterocycles. The van der Waals surface area contributed by atoms with Gasteiger partial charge in [0.25, 0.3) is 0 Å². The van der Waals surface area contributed by atoms with Crippen molar-refractivity contribution in [2.24, 2.45) is 0 Å². The lowest BCUT2D eigenvalue weighted by atomic mass is 10.0. The fourth-order valence-corrected chi connectivity index (χ4v) is 1.95. The van der Waals surface area contributed by atoms with E-state index >= 15 is 0 Å². The smallest absolute Gasteiger partial charge is 0.00941 e. The second kappa shape index (κ2) is 6.05. The van der Waals surface area contributed by atoms with Crippen LogP contribution in [0.3, 0.4) is 0 Å². The van der Waals surface area contributed by atoms with Crippen molar-refractivity contribution in [2.75, 3.05) is 0 Å². The van der Waals surface area contributed by atoms with E-state index < -0.39 is 0 Å². The highest BCUT2D eigenvalue weighted by Crippen LogP contribution is 2.12. The molecule has 0 unspecified atom stereocenters. The number of benzene rings is 2. The third-order valence-electron chi connectivity index (χ3n) is 2.93. The second-order valence-electron chi connectivity index (χ2n) is 4.14. The molecule has 0 fully saturated rings. The van der Waals surface area contributed by atoms with Gasteiger partial charge in [0.15, 0.2) is 0 Å². The van der Waals surface area contributed by atoms with Crippen LogP contribution in [0.15, 0.2) is 60.7 Å². The maximum atomic E-state index is 2.24. The first-order chi connectivity index (χ1) is 8.40. The molecule has 86 valence electrons. The molecule has 0 N–H and O–H groups in total. The van der Waals surface area contributed by atoms with Crippen molar-refractivity contribution in [3.8, 4) is 0 Å². The van der Waals surface area contributed by atoms with E-state index in [1.807, 2.05) is 0 Å². The Balaban J connectivity index is 2.06. The van der Waals surface area contributed by atoms with Crippen molar-refractivity contribution < 1.29 is 0 Å². The maximum absolute atomic E-state index is 2.24. The van der Waals surface area contributed by atoms with Crippen LogP contribution in [0.2, 0.25) is 0 Å². The van der Waals surface area contributed by atoms with Gasteiger partial charge >= 0.3 is 0 Å². The van der Waals surface area contributed by atoms with Crippen LogP contribution in [0.4, 0.5) is 0 Å². The molecular weight excluding hydrogens is 204 g/mol. The average Bonchev–Trinajstić information content (AvgIpc) is 2.40. The quantitative estimate of drug-likeness (QED) is 0.714. The molecule has 0 amide bonds. The highest BCUT2D eigenvalue weighted by molar-refractivity contribution is 5.54. The Kier molecular flexibility index (Phi) is 4.15. The first-order valence-electron chi connectivity index (χ1n) is 6.18. The van der Waals surface area contributed by atoms with Crippen molar-refractivity contribution in [2.45, 2.75) is 19.8 Å². The largest absolute Gasteiger partial charge is 0.0795 e. The number of hydrogen-bond acceptors (Lipinski definition) is 0. The summed E-state index contributed by atoms with van der Waals surface area (Å²) in [7, 11) is 0. The molecule has 2 aromatic rings. The predicted octanol–water partition coefficient (Wildman–Crippen LogP) is 4.50. The van der Waals surface area contributed by atoms with Crippen molar-refractivity contribution in [1.82, 2.24) is 0 Å². The van der Waals surface area contributed by atoms with E-state index in [4.69, 9.17) is 0 Å². The molecular formula is C17H18. The molecule has 0 bridgehead atoms. The topological polar surface area (TPSA) is 0 Å². The molecule has 17 heavy (non-hydrogen) atoms. The van der Waals surface area contributed by atoms with E-state index in [1.165, 1.54) is 16.7 Å². The zero-order valence-corrected chi connectivity index (χ0v) is 10.3. The lowest BCUT2D eigenvalue weighted by molar-refractivity contribution is 1.13. The van der Waals surface area contributed by atoms with Crippen LogP contribution < -0.4 is 0 Å². The summed E-state index contributed by atoms with van der Waals surface area (Å²) in [5.74, 6) is 0. The highest BCUT2D eigenvalue weighted by atomic mass is 14.0. The Morgan fingerprint density at radius 3 is 2.35 bits per heavy atom. The summed E-state index contributed by atoms with van der Waals surface area (Å²) in [6.07, 6.45) is 6.56. The van der Waals surface area contributed by atoms with Gasteiger partial charge in [0, 0.05) is 0 Å². The first-order valence-corrected chi connectivity index (χ1v) is 6.18. The molecule has 0 heteroatoms. The van der Waals surface area contributed by atoms with Gasteiger partial charge in [-0.2, -0.15) is 0 Å². The standard InChI is InChI=1S/C17H18/c1-2-16-12-6-7-13-17(16)14-8-11-15-9-4-3-5-10-15/h3-10,12-14H,2,11H2,1H3. The van der Waals surface area contributed by atoms with Crippen LogP contribution in [0.25, 0.3) is 6.08 Å². The van der Waals surface area contributed by atoms with Gasteiger partial charge < -0.3 is 0 Å². The summed E-state index contributed by atoms with van der Waals surface area (Å²) in [5, 5.41) is 0. The van der Waals surface area contributed by atoms with E-state index in [9.17, 15) is 0 Å². The van der Waals surface area contributed by atoms with Gasteiger partial charge in [0.2, 0.25) is 0 Å². The SMILES string of the molecule is CCc1ccccc1C=CCc1ccccc1. The van der Waals surface area contributed by atoms with E-state index in [0.29, 0.717) is 0 Å². The Labute approximate surface area is 104 Å². The van der Waals surface area contributed by atoms with Crippen LogP contribution in [-0.4, -0.2) is 0 Å². The number of allylic oxidation sites excluding steroid dienone is 1. The van der Waals surface area contributed by atoms with Crippen LogP contribution in [-0.2, 0) is 12.8 Å². The van der Waals surface area contributed by atoms with Gasteiger partial charge in [-0.1, -0.05) is 73.7 Å². The van der Waals surface area contributed by atoms with Gasteiger partial charge in [-0.3, -0.25) is 0 Å². The summed E-state index contributed by atoms with van der Waals surface area (Å²) >= 11 is 0. The van der Waals surface area contributed by atoms with E-state index in [2.05, 4.69) is 73.7 Å². The molecule has 0 aromatic heterocycles. The molecule has 0 radical (unpaired) electrons. The molecule has 0 aliphatic heterocycles. The third-order valence-corrected chi connectivity index (χ3v) is 2.93. The molecule has 0 nitrogen and oxygen atoms in total. The normalized spacial score (nSPS) is 10.9. The van der Waals surface area contributed by atoms with Crippen molar-refractivity contribution in [3.63, 3.8) is 0 Å². The molecule has 2 aromatic carbocycles. The minimum Gasteiger partial charge on any atom is -0.0795 e. The summed E-state index contributed by atoms with van der Waals surface area (Å²) in [4.78, 5) is 0. The fraction of sp³-hybridized carbons (Fsp3) is 0.176. The van der Waals surface area contributed by atoms with Crippen LogP contribution in [0.1, 0.15) is 23.6 Å². The predicted molar refractivity (Wildman–Crippen MR) is 75.0 cm³/mol. The van der Waals surface area contributed by atoms with Crippen LogP contribution in [0, 0.1) is 0 Å². The van der Waals surface area contributed by atoms with Gasteiger partial charge in [0.05, 0.1) is 0 Å². The second-order valence-corrected chi connectivity index (χ2v) is 4.14. The fourth-order valence-electron chi connectivity index (χ4n) is 1.95. The van der Waals surface area contributed by atoms with Gasteiger partial charge in [-0.25, -0.2) is 0 Å². The average molecular weight is 222 g/mol. The molecule has 0 saturated carbocycles. The number of aryl methyl sites for hydroxylation is 1. The van der Waals surface area contributed by atoms with Crippen molar-refractivity contribution in [3.05, 3.63) is 77.4 Å². The van der Waals surface area contributed by atoms with Gasteiger partial charge in [-0.05, 0) is 29.5 Å². The molecule has 0 atom stereocenters. The number of rotatable bonds is 4. The Bertz CT molecular complexity index is 480. The number of hydrogen-bond donors (Lipinski definition) is 0. The third kappa shape index (κ3) is 3.32. The molecule has 0 heterocycles.